The molecule has 0 spiro atoms. The highest BCUT2D eigenvalue weighted by atomic mass is 127. The highest BCUT2D eigenvalue weighted by Crippen LogP contribution is 2.38. The third kappa shape index (κ3) is 3.02. The quantitative estimate of drug-likeness (QED) is 0.500. The molecule has 0 amide bonds. The molecule has 0 heterocycles. The second-order valence-corrected chi connectivity index (χ2v) is 4.15. The van der Waals surface area contributed by atoms with Crippen LogP contribution in [0.3, 0.4) is 0 Å². The van der Waals surface area contributed by atoms with Gasteiger partial charge < -0.3 is 0 Å². The van der Waals surface area contributed by atoms with Gasteiger partial charge >= 0.3 is 12.4 Å². The van der Waals surface area contributed by atoms with Crippen molar-refractivity contribution in [2.24, 2.45) is 0 Å². The average molecular weight is 365 g/mol. The van der Waals surface area contributed by atoms with Crippen LogP contribution in [-0.4, -0.2) is 0 Å². The molecule has 1 aromatic carbocycles. The molecule has 8 heteroatoms. The SMILES string of the molecule is N#Cc1cc(C(F)(F)F)c(I)cc1C(F)(F)F. The summed E-state index contributed by atoms with van der Waals surface area (Å²) in [5.41, 5.74) is -3.65. The Morgan fingerprint density at radius 1 is 0.941 bits per heavy atom. The fourth-order valence-corrected chi connectivity index (χ4v) is 1.89. The van der Waals surface area contributed by atoms with Gasteiger partial charge in [0.1, 0.15) is 0 Å². The number of benzene rings is 1. The van der Waals surface area contributed by atoms with Crippen molar-refractivity contribution < 1.29 is 26.3 Å². The van der Waals surface area contributed by atoms with E-state index in [1.165, 1.54) is 0 Å². The molecule has 1 rings (SSSR count). The van der Waals surface area contributed by atoms with E-state index in [4.69, 9.17) is 5.26 Å². The molecule has 17 heavy (non-hydrogen) atoms. The van der Waals surface area contributed by atoms with Crippen LogP contribution in [0.2, 0.25) is 0 Å². The fraction of sp³-hybridized carbons (Fsp3) is 0.222. The molecule has 92 valence electrons. The minimum absolute atomic E-state index is 0.213. The van der Waals surface area contributed by atoms with Crippen LogP contribution in [0.25, 0.3) is 0 Å². The Balaban J connectivity index is 3.53. The Labute approximate surface area is 105 Å². The smallest absolute Gasteiger partial charge is 0.192 e. The predicted molar refractivity (Wildman–Crippen MR) is 53.9 cm³/mol. The maximum atomic E-state index is 12.4. The van der Waals surface area contributed by atoms with Gasteiger partial charge in [-0.3, -0.25) is 0 Å². The minimum atomic E-state index is -4.85. The molecule has 1 aromatic rings. The molecule has 0 saturated carbocycles. The zero-order valence-electron chi connectivity index (χ0n) is 7.75. The van der Waals surface area contributed by atoms with E-state index in [0.29, 0.717) is 6.07 Å². The molecule has 1 nitrogen and oxygen atoms in total. The van der Waals surface area contributed by atoms with E-state index in [1.54, 1.807) is 0 Å². The van der Waals surface area contributed by atoms with Crippen LogP contribution < -0.4 is 0 Å². The number of hydrogen-bond donors (Lipinski definition) is 0. The summed E-state index contributed by atoms with van der Waals surface area (Å²) in [4.78, 5) is 0. The van der Waals surface area contributed by atoms with Gasteiger partial charge in [0.15, 0.2) is 0 Å². The van der Waals surface area contributed by atoms with Gasteiger partial charge in [-0.05, 0) is 34.7 Å². The second kappa shape index (κ2) is 4.36. The van der Waals surface area contributed by atoms with Gasteiger partial charge in [-0.15, -0.1) is 0 Å². The van der Waals surface area contributed by atoms with Crippen molar-refractivity contribution in [3.05, 3.63) is 32.4 Å². The van der Waals surface area contributed by atoms with Crippen LogP contribution in [-0.2, 0) is 12.4 Å². The average Bonchev–Trinajstić information content (AvgIpc) is 2.14. The largest absolute Gasteiger partial charge is 0.417 e. The van der Waals surface area contributed by atoms with Gasteiger partial charge in [-0.2, -0.15) is 31.6 Å². The Bertz CT molecular complexity index is 482. The van der Waals surface area contributed by atoms with Gasteiger partial charge in [0.05, 0.1) is 22.8 Å². The zero-order valence-corrected chi connectivity index (χ0v) is 9.91. The predicted octanol–water partition coefficient (Wildman–Crippen LogP) is 4.20. The molecular formula is C9H2F6IN. The van der Waals surface area contributed by atoms with E-state index in [2.05, 4.69) is 0 Å². The van der Waals surface area contributed by atoms with Crippen LogP contribution in [0, 0.1) is 14.9 Å². The maximum Gasteiger partial charge on any atom is 0.417 e. The van der Waals surface area contributed by atoms with Crippen LogP contribution >= 0.6 is 22.6 Å². The van der Waals surface area contributed by atoms with Crippen molar-refractivity contribution in [1.29, 1.82) is 5.26 Å². The zero-order chi connectivity index (χ0) is 13.4. The lowest BCUT2D eigenvalue weighted by Gasteiger charge is -2.14. The maximum absolute atomic E-state index is 12.4. The van der Waals surface area contributed by atoms with Crippen molar-refractivity contribution in [3.8, 4) is 6.07 Å². The van der Waals surface area contributed by atoms with E-state index in [0.717, 1.165) is 28.7 Å². The van der Waals surface area contributed by atoms with E-state index in [1.807, 2.05) is 0 Å². The summed E-state index contributed by atoms with van der Waals surface area (Å²) in [6.45, 7) is 0. The first kappa shape index (κ1) is 14.1. The number of rotatable bonds is 0. The normalized spacial score (nSPS) is 12.4. The minimum Gasteiger partial charge on any atom is -0.192 e. The number of nitriles is 1. The molecule has 0 aliphatic carbocycles. The molecule has 0 saturated heterocycles. The number of nitrogens with zero attached hydrogens (tertiary/aromatic N) is 1. The third-order valence-electron chi connectivity index (χ3n) is 1.84. The Hall–Kier alpha value is -0.980. The summed E-state index contributed by atoms with van der Waals surface area (Å²) in [5, 5.41) is 8.44. The highest BCUT2D eigenvalue weighted by Gasteiger charge is 2.39. The Morgan fingerprint density at radius 2 is 1.41 bits per heavy atom. The first-order valence-electron chi connectivity index (χ1n) is 3.95. The van der Waals surface area contributed by atoms with Crippen molar-refractivity contribution >= 4 is 22.6 Å². The second-order valence-electron chi connectivity index (χ2n) is 2.98. The molecular weight excluding hydrogens is 363 g/mol. The summed E-state index contributed by atoms with van der Waals surface area (Å²) >= 11 is 1.15. The molecule has 0 radical (unpaired) electrons. The molecule has 0 aliphatic heterocycles. The first-order valence-corrected chi connectivity index (χ1v) is 5.03. The van der Waals surface area contributed by atoms with E-state index < -0.39 is 32.6 Å². The Kier molecular flexibility index (Phi) is 3.61. The summed E-state index contributed by atoms with van der Waals surface area (Å²) < 4.78 is 73.8. The Morgan fingerprint density at radius 3 is 1.76 bits per heavy atom. The summed E-state index contributed by atoms with van der Waals surface area (Å²) in [7, 11) is 0. The summed E-state index contributed by atoms with van der Waals surface area (Å²) in [6, 6.07) is 1.65. The number of halogens is 7. The van der Waals surface area contributed by atoms with Crippen molar-refractivity contribution in [2.75, 3.05) is 0 Å². The van der Waals surface area contributed by atoms with E-state index in [9.17, 15) is 26.3 Å². The number of hydrogen-bond acceptors (Lipinski definition) is 1. The van der Waals surface area contributed by atoms with E-state index in [-0.39, 0.29) is 6.07 Å². The van der Waals surface area contributed by atoms with Crippen LogP contribution in [0.4, 0.5) is 26.3 Å². The third-order valence-corrected chi connectivity index (χ3v) is 2.73. The van der Waals surface area contributed by atoms with Crippen molar-refractivity contribution in [3.63, 3.8) is 0 Å². The molecule has 0 bridgehead atoms. The van der Waals surface area contributed by atoms with Gasteiger partial charge in [0, 0.05) is 3.57 Å². The van der Waals surface area contributed by atoms with Gasteiger partial charge in [0.25, 0.3) is 0 Å². The molecule has 0 aliphatic rings. The molecule has 0 aromatic heterocycles. The van der Waals surface area contributed by atoms with Crippen LogP contribution in [0.15, 0.2) is 12.1 Å². The van der Waals surface area contributed by atoms with Gasteiger partial charge in [-0.25, -0.2) is 0 Å². The summed E-state index contributed by atoms with van der Waals surface area (Å²) in [5.74, 6) is 0. The van der Waals surface area contributed by atoms with Gasteiger partial charge in [0.2, 0.25) is 0 Å². The molecule has 0 N–H and O–H groups in total. The molecule has 0 unspecified atom stereocenters. The van der Waals surface area contributed by atoms with Crippen molar-refractivity contribution in [2.45, 2.75) is 12.4 Å². The standard InChI is InChI=1S/C9H2F6IN/c10-8(11,12)5-2-7(16)6(9(13,14)15)1-4(5)3-17/h1-2H. The lowest BCUT2D eigenvalue weighted by atomic mass is 10.0. The van der Waals surface area contributed by atoms with Gasteiger partial charge in [-0.1, -0.05) is 0 Å². The fourth-order valence-electron chi connectivity index (χ4n) is 1.12. The van der Waals surface area contributed by atoms with E-state index >= 15 is 0 Å². The van der Waals surface area contributed by atoms with Crippen LogP contribution in [0.1, 0.15) is 16.7 Å². The summed E-state index contributed by atoms with van der Waals surface area (Å²) in [6.07, 6.45) is -9.64. The molecule has 0 atom stereocenters. The van der Waals surface area contributed by atoms with Crippen LogP contribution in [0.5, 0.6) is 0 Å². The first-order chi connectivity index (χ1) is 7.57. The number of alkyl halides is 6. The topological polar surface area (TPSA) is 23.8 Å². The monoisotopic (exact) mass is 365 g/mol. The lowest BCUT2D eigenvalue weighted by Crippen LogP contribution is -2.13. The van der Waals surface area contributed by atoms with Crippen molar-refractivity contribution in [1.82, 2.24) is 0 Å². The molecule has 0 fully saturated rings. The highest BCUT2D eigenvalue weighted by molar-refractivity contribution is 14.1. The lowest BCUT2D eigenvalue weighted by molar-refractivity contribution is -0.142.